The Morgan fingerprint density at radius 2 is 2.03 bits per heavy atom. The molecule has 1 aliphatic rings. The van der Waals surface area contributed by atoms with Crippen molar-refractivity contribution in [2.45, 2.75) is 17.6 Å². The third-order valence-electron chi connectivity index (χ3n) is 4.29. The quantitative estimate of drug-likeness (QED) is 0.395. The zero-order chi connectivity index (χ0) is 21.3. The Labute approximate surface area is 189 Å². The first-order chi connectivity index (χ1) is 14.4. The Hall–Kier alpha value is -2.69. The van der Waals surface area contributed by atoms with Crippen LogP contribution in [0.15, 0.2) is 57.3 Å². The van der Waals surface area contributed by atoms with Crippen LogP contribution >= 0.6 is 39.2 Å². The number of carbonyl (C=O) groups is 3. The van der Waals surface area contributed by atoms with Gasteiger partial charge in [-0.15, -0.1) is 11.3 Å². The fourth-order valence-corrected chi connectivity index (χ4v) is 4.94. The molecule has 30 heavy (non-hydrogen) atoms. The maximum absolute atomic E-state index is 12.8. The predicted octanol–water partition coefficient (Wildman–Crippen LogP) is 4.77. The Morgan fingerprint density at radius 1 is 1.20 bits per heavy atom. The van der Waals surface area contributed by atoms with Crippen molar-refractivity contribution in [2.75, 3.05) is 10.2 Å². The van der Waals surface area contributed by atoms with Crippen LogP contribution in [0.4, 0.5) is 16.3 Å². The lowest BCUT2D eigenvalue weighted by molar-refractivity contribution is -0.117. The van der Waals surface area contributed by atoms with Crippen molar-refractivity contribution >= 4 is 68.6 Å². The molecule has 7 nitrogen and oxygen atoms in total. The summed E-state index contributed by atoms with van der Waals surface area (Å²) in [4.78, 5) is 43.8. The number of thiophene rings is 1. The second kappa shape index (κ2) is 8.58. The molecule has 4 amide bonds. The van der Waals surface area contributed by atoms with Gasteiger partial charge in [-0.2, -0.15) is 0 Å². The molecule has 0 radical (unpaired) electrons. The van der Waals surface area contributed by atoms with Crippen LogP contribution < -0.4 is 14.9 Å². The minimum Gasteiger partial charge on any atom is -0.306 e. The van der Waals surface area contributed by atoms with Gasteiger partial charge in [0.15, 0.2) is 0 Å². The first kappa shape index (κ1) is 20.6. The minimum absolute atomic E-state index is 0.123. The molecule has 2 aromatic heterocycles. The third kappa shape index (κ3) is 4.40. The fourth-order valence-electron chi connectivity index (χ4n) is 2.92. The molecule has 0 spiro atoms. The molecule has 0 saturated carbocycles. The lowest BCUT2D eigenvalue weighted by Gasteiger charge is -2.26. The predicted molar refractivity (Wildman–Crippen MR) is 121 cm³/mol. The average molecular weight is 503 g/mol. The summed E-state index contributed by atoms with van der Waals surface area (Å²) in [6.45, 7) is 2.00. The first-order valence-electron chi connectivity index (χ1n) is 8.83. The number of nitrogens with zero attached hydrogens (tertiary/aromatic N) is 2. The Kier molecular flexibility index (Phi) is 5.89. The zero-order valence-electron chi connectivity index (χ0n) is 15.6. The number of carbonyl (C=O) groups excluding carboxylic acids is 3. The molecule has 0 saturated heterocycles. The summed E-state index contributed by atoms with van der Waals surface area (Å²) < 4.78 is 4.43. The zero-order valence-corrected chi connectivity index (χ0v) is 18.9. The maximum atomic E-state index is 12.8. The summed E-state index contributed by atoms with van der Waals surface area (Å²) in [5.41, 5.74) is 1.60. The molecule has 0 fully saturated rings. The number of anilines is 2. The standard InChI is InChI=1S/C20H15BrN4O3S2/c1-11-2-7-18(29-11)30-24-20(28)23-14-5-6-16(22-10-14)25-17(26)8-12-3-4-13(21)9-15(12)19(25)27/h2-7,9-10H,8H2,1H3,(H2,23,24,28). The number of halogens is 1. The molecular weight excluding hydrogens is 488 g/mol. The van der Waals surface area contributed by atoms with Crippen molar-refractivity contribution in [1.82, 2.24) is 9.71 Å². The van der Waals surface area contributed by atoms with Crippen molar-refractivity contribution in [3.63, 3.8) is 0 Å². The number of urea groups is 1. The molecule has 0 aliphatic carbocycles. The summed E-state index contributed by atoms with van der Waals surface area (Å²) in [6.07, 6.45) is 1.53. The van der Waals surface area contributed by atoms with Gasteiger partial charge in [-0.3, -0.25) is 14.3 Å². The van der Waals surface area contributed by atoms with Gasteiger partial charge in [0.05, 0.1) is 22.5 Å². The van der Waals surface area contributed by atoms with Crippen LogP contribution in [0, 0.1) is 6.92 Å². The van der Waals surface area contributed by atoms with Crippen LogP contribution in [-0.4, -0.2) is 22.8 Å². The Balaban J connectivity index is 1.43. The monoisotopic (exact) mass is 502 g/mol. The number of fused-ring (bicyclic) bond motifs is 1. The lowest BCUT2D eigenvalue weighted by Crippen LogP contribution is -2.43. The van der Waals surface area contributed by atoms with Crippen molar-refractivity contribution in [3.8, 4) is 0 Å². The van der Waals surface area contributed by atoms with Crippen molar-refractivity contribution in [1.29, 1.82) is 0 Å². The minimum atomic E-state index is -0.420. The normalized spacial score (nSPS) is 13.2. The van der Waals surface area contributed by atoms with Gasteiger partial charge in [0.2, 0.25) is 5.91 Å². The average Bonchev–Trinajstić information content (AvgIpc) is 3.14. The molecule has 3 heterocycles. The number of amides is 4. The molecule has 10 heteroatoms. The molecule has 1 aromatic carbocycles. The molecule has 152 valence electrons. The van der Waals surface area contributed by atoms with E-state index in [9.17, 15) is 14.4 Å². The molecule has 3 aromatic rings. The van der Waals surface area contributed by atoms with Crippen LogP contribution in [0.25, 0.3) is 0 Å². The molecule has 2 N–H and O–H groups in total. The Bertz CT molecular complexity index is 1150. The van der Waals surface area contributed by atoms with Crippen LogP contribution in [0.2, 0.25) is 0 Å². The number of aromatic nitrogens is 1. The number of hydrogen-bond acceptors (Lipinski definition) is 6. The van der Waals surface area contributed by atoms with Crippen molar-refractivity contribution in [2.24, 2.45) is 0 Å². The first-order valence-corrected chi connectivity index (χ1v) is 11.3. The van der Waals surface area contributed by atoms with Crippen molar-refractivity contribution in [3.05, 3.63) is 69.1 Å². The van der Waals surface area contributed by atoms with Crippen LogP contribution in [-0.2, 0) is 11.2 Å². The van der Waals surface area contributed by atoms with E-state index in [4.69, 9.17) is 0 Å². The second-order valence-corrected chi connectivity index (χ2v) is 9.75. The highest BCUT2D eigenvalue weighted by atomic mass is 79.9. The number of pyridine rings is 1. The Morgan fingerprint density at radius 3 is 2.73 bits per heavy atom. The summed E-state index contributed by atoms with van der Waals surface area (Å²) in [5, 5.41) is 2.67. The van der Waals surface area contributed by atoms with Gasteiger partial charge in [0.1, 0.15) is 5.82 Å². The van der Waals surface area contributed by atoms with Gasteiger partial charge in [0.25, 0.3) is 5.91 Å². The molecule has 0 bridgehead atoms. The van der Waals surface area contributed by atoms with E-state index in [0.29, 0.717) is 16.8 Å². The number of benzene rings is 1. The topological polar surface area (TPSA) is 91.4 Å². The van der Waals surface area contributed by atoms with Crippen molar-refractivity contribution < 1.29 is 14.4 Å². The molecule has 1 aliphatic heterocycles. The number of aryl methyl sites for hydroxylation is 1. The fraction of sp³-hybridized carbons (Fsp3) is 0.100. The van der Waals surface area contributed by atoms with E-state index < -0.39 is 11.9 Å². The highest BCUT2D eigenvalue weighted by molar-refractivity contribution is 9.10. The van der Waals surface area contributed by atoms with E-state index in [2.05, 4.69) is 31.0 Å². The summed E-state index contributed by atoms with van der Waals surface area (Å²) in [5.74, 6) is -0.551. The molecule has 0 atom stereocenters. The van der Waals surface area contributed by atoms with E-state index >= 15 is 0 Å². The van der Waals surface area contributed by atoms with Crippen LogP contribution in [0.5, 0.6) is 0 Å². The lowest BCUT2D eigenvalue weighted by atomic mass is 9.98. The van der Waals surface area contributed by atoms with E-state index in [1.807, 2.05) is 19.1 Å². The second-order valence-electron chi connectivity index (χ2n) is 6.44. The van der Waals surface area contributed by atoms with Crippen LogP contribution in [0.3, 0.4) is 0 Å². The third-order valence-corrected chi connectivity index (χ3v) is 6.70. The highest BCUT2D eigenvalue weighted by Crippen LogP contribution is 2.27. The maximum Gasteiger partial charge on any atom is 0.329 e. The van der Waals surface area contributed by atoms with E-state index in [-0.39, 0.29) is 18.1 Å². The molecule has 0 unspecified atom stereocenters. The van der Waals surface area contributed by atoms with Crippen LogP contribution in [0.1, 0.15) is 20.8 Å². The van der Waals surface area contributed by atoms with Gasteiger partial charge in [-0.25, -0.2) is 14.7 Å². The molecular formula is C20H15BrN4O3S2. The van der Waals surface area contributed by atoms with Gasteiger partial charge in [0, 0.05) is 14.9 Å². The van der Waals surface area contributed by atoms with Gasteiger partial charge >= 0.3 is 6.03 Å². The van der Waals surface area contributed by atoms with Gasteiger partial charge < -0.3 is 5.32 Å². The smallest absolute Gasteiger partial charge is 0.306 e. The largest absolute Gasteiger partial charge is 0.329 e. The van der Waals surface area contributed by atoms with E-state index in [1.54, 1.807) is 35.6 Å². The van der Waals surface area contributed by atoms with E-state index in [1.165, 1.54) is 24.2 Å². The SMILES string of the molecule is Cc1ccc(SNC(=O)Nc2ccc(N3C(=O)Cc4ccc(Br)cc4C3=O)nc2)s1. The van der Waals surface area contributed by atoms with Gasteiger partial charge in [-0.1, -0.05) is 22.0 Å². The summed E-state index contributed by atoms with van der Waals surface area (Å²) in [7, 11) is 0. The summed E-state index contributed by atoms with van der Waals surface area (Å²) >= 11 is 6.16. The molecule has 4 rings (SSSR count). The highest BCUT2D eigenvalue weighted by Gasteiger charge is 2.33. The van der Waals surface area contributed by atoms with Gasteiger partial charge in [-0.05, 0) is 60.8 Å². The number of rotatable bonds is 4. The van der Waals surface area contributed by atoms with E-state index in [0.717, 1.165) is 18.5 Å². The number of nitrogens with one attached hydrogen (secondary N) is 2. The summed E-state index contributed by atoms with van der Waals surface area (Å²) in [6, 6.07) is 11.9. The number of hydrogen-bond donors (Lipinski definition) is 2. The number of imide groups is 1.